The predicted molar refractivity (Wildman–Crippen MR) is 141 cm³/mol. The van der Waals surface area contributed by atoms with Gasteiger partial charge in [-0.25, -0.2) is 0 Å². The van der Waals surface area contributed by atoms with Crippen LogP contribution in [0.1, 0.15) is 36.6 Å². The molecule has 192 valence electrons. The van der Waals surface area contributed by atoms with Crippen molar-refractivity contribution >= 4 is 29.1 Å². The van der Waals surface area contributed by atoms with E-state index in [0.29, 0.717) is 34.6 Å². The van der Waals surface area contributed by atoms with Crippen LogP contribution in [0.3, 0.4) is 0 Å². The molecule has 1 aliphatic heterocycles. The largest absolute Gasteiger partial charge is 0.508 e. The maximum absolute atomic E-state index is 13.3. The summed E-state index contributed by atoms with van der Waals surface area (Å²) in [5, 5.41) is 21.4. The van der Waals surface area contributed by atoms with Crippen molar-refractivity contribution in [3.8, 4) is 17.2 Å². The molecule has 0 radical (unpaired) electrons. The number of ketones is 1. The van der Waals surface area contributed by atoms with E-state index in [1.807, 2.05) is 24.3 Å². The van der Waals surface area contributed by atoms with Crippen LogP contribution in [-0.2, 0) is 16.1 Å². The van der Waals surface area contributed by atoms with Crippen molar-refractivity contribution in [2.45, 2.75) is 26.4 Å². The van der Waals surface area contributed by atoms with Crippen molar-refractivity contribution in [2.75, 3.05) is 13.7 Å². The number of benzene rings is 3. The number of carbonyl (C=O) groups excluding carboxylic acids is 2. The number of aliphatic hydroxyl groups excluding tert-OH is 1. The van der Waals surface area contributed by atoms with Gasteiger partial charge in [0.2, 0.25) is 0 Å². The van der Waals surface area contributed by atoms with Gasteiger partial charge in [0.05, 0.1) is 30.4 Å². The van der Waals surface area contributed by atoms with Gasteiger partial charge in [0.25, 0.3) is 11.7 Å². The summed E-state index contributed by atoms with van der Waals surface area (Å²) in [7, 11) is 1.44. The molecule has 0 spiro atoms. The number of hydrogen-bond acceptors (Lipinski definition) is 6. The summed E-state index contributed by atoms with van der Waals surface area (Å²) in [6.45, 7) is 4.84. The summed E-state index contributed by atoms with van der Waals surface area (Å²) in [4.78, 5) is 27.9. The van der Waals surface area contributed by atoms with E-state index in [1.54, 1.807) is 24.3 Å². The molecule has 37 heavy (non-hydrogen) atoms. The molecular formula is C29H28ClNO6. The zero-order valence-corrected chi connectivity index (χ0v) is 21.5. The molecule has 1 fully saturated rings. The van der Waals surface area contributed by atoms with E-state index in [9.17, 15) is 19.8 Å². The number of carbonyl (C=O) groups is 2. The van der Waals surface area contributed by atoms with E-state index in [1.165, 1.54) is 30.2 Å². The lowest BCUT2D eigenvalue weighted by Gasteiger charge is -2.25. The first-order valence-corrected chi connectivity index (χ1v) is 12.2. The number of aromatic hydroxyl groups is 1. The second kappa shape index (κ2) is 11.0. The minimum absolute atomic E-state index is 0.0418. The zero-order chi connectivity index (χ0) is 26.7. The minimum Gasteiger partial charge on any atom is -0.508 e. The third-order valence-corrected chi connectivity index (χ3v) is 6.35. The van der Waals surface area contributed by atoms with Gasteiger partial charge in [0, 0.05) is 12.1 Å². The van der Waals surface area contributed by atoms with Crippen molar-refractivity contribution in [2.24, 2.45) is 5.92 Å². The zero-order valence-electron chi connectivity index (χ0n) is 20.8. The summed E-state index contributed by atoms with van der Waals surface area (Å²) in [5.41, 5.74) is 1.58. The van der Waals surface area contributed by atoms with Crippen molar-refractivity contribution in [3.05, 3.63) is 94.0 Å². The van der Waals surface area contributed by atoms with E-state index in [2.05, 4.69) is 13.8 Å². The number of Topliss-reactive ketones (excluding diaryl/α,β-unsaturated/α-hetero) is 1. The third-order valence-electron chi connectivity index (χ3n) is 6.03. The average Bonchev–Trinajstić information content (AvgIpc) is 3.13. The number of ether oxygens (including phenoxy) is 2. The standard InChI is InChI=1S/C29H28ClNO6/c1-17(2)16-37-22-11-4-18(5-12-22)15-31-26(19-6-9-21(32)10-7-19)25(28(34)29(31)35)27(33)20-8-13-23(30)24(14-20)36-3/h4-14,17,26,32-33H,15-16H2,1-3H3/b27-25-. The Morgan fingerprint density at radius 3 is 2.32 bits per heavy atom. The van der Waals surface area contributed by atoms with Gasteiger partial charge in [0.15, 0.2) is 0 Å². The Morgan fingerprint density at radius 2 is 1.70 bits per heavy atom. The SMILES string of the molecule is COc1cc(/C(O)=C2/C(=O)C(=O)N(Cc3ccc(OCC(C)C)cc3)C2c2ccc(O)cc2)ccc1Cl. The molecule has 1 aliphatic rings. The summed E-state index contributed by atoms with van der Waals surface area (Å²) < 4.78 is 11.0. The number of hydrogen-bond donors (Lipinski definition) is 2. The molecule has 3 aromatic carbocycles. The fourth-order valence-corrected chi connectivity index (χ4v) is 4.35. The molecular weight excluding hydrogens is 494 g/mol. The molecule has 1 amide bonds. The Labute approximate surface area is 220 Å². The van der Waals surface area contributed by atoms with Crippen LogP contribution >= 0.6 is 11.6 Å². The highest BCUT2D eigenvalue weighted by atomic mass is 35.5. The van der Waals surface area contributed by atoms with Crippen LogP contribution in [0.5, 0.6) is 17.2 Å². The van der Waals surface area contributed by atoms with E-state index in [-0.39, 0.29) is 29.2 Å². The Morgan fingerprint density at radius 1 is 1.03 bits per heavy atom. The maximum Gasteiger partial charge on any atom is 0.295 e. The highest BCUT2D eigenvalue weighted by Crippen LogP contribution is 2.41. The number of phenols is 1. The Bertz CT molecular complexity index is 1330. The van der Waals surface area contributed by atoms with Crippen LogP contribution < -0.4 is 9.47 Å². The number of likely N-dealkylation sites (tertiary alicyclic amines) is 1. The molecule has 3 aromatic rings. The van der Waals surface area contributed by atoms with E-state index >= 15 is 0 Å². The van der Waals surface area contributed by atoms with Gasteiger partial charge in [-0.2, -0.15) is 0 Å². The van der Waals surface area contributed by atoms with Gasteiger partial charge < -0.3 is 24.6 Å². The first-order valence-electron chi connectivity index (χ1n) is 11.8. The second-order valence-electron chi connectivity index (χ2n) is 9.22. The quantitative estimate of drug-likeness (QED) is 0.224. The Hall–Kier alpha value is -3.97. The topological polar surface area (TPSA) is 96.3 Å². The fourth-order valence-electron chi connectivity index (χ4n) is 4.16. The van der Waals surface area contributed by atoms with Gasteiger partial charge in [-0.15, -0.1) is 0 Å². The van der Waals surface area contributed by atoms with Crippen molar-refractivity contribution in [1.29, 1.82) is 0 Å². The molecule has 0 bridgehead atoms. The van der Waals surface area contributed by atoms with Crippen LogP contribution in [0, 0.1) is 5.92 Å². The number of rotatable bonds is 8. The minimum atomic E-state index is -0.876. The highest BCUT2D eigenvalue weighted by Gasteiger charge is 2.46. The molecule has 0 aromatic heterocycles. The summed E-state index contributed by atoms with van der Waals surface area (Å²) >= 11 is 6.13. The molecule has 7 nitrogen and oxygen atoms in total. The average molecular weight is 522 g/mol. The van der Waals surface area contributed by atoms with Crippen molar-refractivity contribution in [3.63, 3.8) is 0 Å². The first kappa shape index (κ1) is 26.1. The van der Waals surface area contributed by atoms with E-state index < -0.39 is 17.7 Å². The van der Waals surface area contributed by atoms with Crippen LogP contribution in [0.2, 0.25) is 5.02 Å². The highest BCUT2D eigenvalue weighted by molar-refractivity contribution is 6.46. The normalized spacial score (nSPS) is 16.9. The number of phenolic OH excluding ortho intramolecular Hbond substituents is 1. The second-order valence-corrected chi connectivity index (χ2v) is 9.62. The predicted octanol–water partition coefficient (Wildman–Crippen LogP) is 5.71. The monoisotopic (exact) mass is 521 g/mol. The van der Waals surface area contributed by atoms with Crippen LogP contribution in [0.4, 0.5) is 0 Å². The molecule has 2 N–H and O–H groups in total. The third kappa shape index (κ3) is 5.57. The number of aliphatic hydroxyl groups is 1. The summed E-state index contributed by atoms with van der Waals surface area (Å²) in [5.74, 6) is -0.418. The fraction of sp³-hybridized carbons (Fsp3) is 0.241. The number of halogens is 1. The lowest BCUT2D eigenvalue weighted by molar-refractivity contribution is -0.140. The molecule has 1 unspecified atom stereocenters. The van der Waals surface area contributed by atoms with Gasteiger partial charge in [-0.3, -0.25) is 9.59 Å². The van der Waals surface area contributed by atoms with E-state index in [4.69, 9.17) is 21.1 Å². The Balaban J connectivity index is 1.75. The number of nitrogens with zero attached hydrogens (tertiary/aromatic N) is 1. The molecule has 0 aliphatic carbocycles. The summed E-state index contributed by atoms with van der Waals surface area (Å²) in [6.07, 6.45) is 0. The lowest BCUT2D eigenvalue weighted by Crippen LogP contribution is -2.29. The Kier molecular flexibility index (Phi) is 7.74. The van der Waals surface area contributed by atoms with Gasteiger partial charge in [-0.05, 0) is 59.5 Å². The van der Waals surface area contributed by atoms with Crippen molar-refractivity contribution < 1.29 is 29.3 Å². The molecule has 8 heteroatoms. The van der Waals surface area contributed by atoms with Gasteiger partial charge in [-0.1, -0.05) is 49.7 Å². The number of amides is 1. The van der Waals surface area contributed by atoms with Crippen LogP contribution in [0.15, 0.2) is 72.3 Å². The lowest BCUT2D eigenvalue weighted by atomic mass is 9.95. The van der Waals surface area contributed by atoms with Gasteiger partial charge >= 0.3 is 0 Å². The molecule has 1 saturated heterocycles. The van der Waals surface area contributed by atoms with Gasteiger partial charge in [0.1, 0.15) is 23.0 Å². The molecule has 0 saturated carbocycles. The number of methoxy groups -OCH3 is 1. The first-order chi connectivity index (χ1) is 17.7. The van der Waals surface area contributed by atoms with Crippen molar-refractivity contribution in [1.82, 2.24) is 4.90 Å². The van der Waals surface area contributed by atoms with Crippen LogP contribution in [-0.4, -0.2) is 40.5 Å². The molecule has 1 heterocycles. The molecule has 4 rings (SSSR count). The summed E-state index contributed by atoms with van der Waals surface area (Å²) in [6, 6.07) is 17.3. The molecule has 1 atom stereocenters. The van der Waals surface area contributed by atoms with E-state index in [0.717, 1.165) is 5.56 Å². The maximum atomic E-state index is 13.3. The smallest absolute Gasteiger partial charge is 0.295 e. The van der Waals surface area contributed by atoms with Crippen LogP contribution in [0.25, 0.3) is 5.76 Å².